The third-order valence-corrected chi connectivity index (χ3v) is 6.64. The first-order valence-electron chi connectivity index (χ1n) is 10.8. The first kappa shape index (κ1) is 23.1. The Kier molecular flexibility index (Phi) is 6.85. The normalized spacial score (nSPS) is 12.3. The minimum Gasteiger partial charge on any atom is -0.469 e. The van der Waals surface area contributed by atoms with E-state index < -0.39 is 0 Å². The summed E-state index contributed by atoms with van der Waals surface area (Å²) in [6.45, 7) is 8.59. The highest BCUT2D eigenvalue weighted by molar-refractivity contribution is 7.99. The first-order valence-corrected chi connectivity index (χ1v) is 11.8. The number of thioether (sulfide) groups is 1. The molecule has 33 heavy (non-hydrogen) atoms. The summed E-state index contributed by atoms with van der Waals surface area (Å²) in [5.41, 5.74) is 4.55. The standard InChI is InChI=1S/C25H28N4O3S/c1-16-13-22(18(3)28(16)17(2)14-31-5)23(30)15-33-25-27-26-24(21-11-12-32-19(21)4)29(25)20-9-7-6-8-10-20/h6-13,17H,14-15H2,1-5H3/t17-/m1/s1. The van der Waals surface area contributed by atoms with E-state index in [0.717, 1.165) is 34.0 Å². The van der Waals surface area contributed by atoms with E-state index >= 15 is 0 Å². The molecule has 3 heterocycles. The van der Waals surface area contributed by atoms with Crippen LogP contribution < -0.4 is 0 Å². The monoisotopic (exact) mass is 464 g/mol. The number of furan rings is 1. The maximum Gasteiger partial charge on any atom is 0.196 e. The molecule has 0 saturated heterocycles. The van der Waals surface area contributed by atoms with Crippen LogP contribution in [0, 0.1) is 20.8 Å². The highest BCUT2D eigenvalue weighted by Gasteiger charge is 2.22. The van der Waals surface area contributed by atoms with Crippen molar-refractivity contribution >= 4 is 17.5 Å². The quantitative estimate of drug-likeness (QED) is 0.243. The summed E-state index contributed by atoms with van der Waals surface area (Å²) < 4.78 is 14.9. The molecule has 7 nitrogen and oxygen atoms in total. The molecule has 8 heteroatoms. The van der Waals surface area contributed by atoms with Crippen molar-refractivity contribution in [2.45, 2.75) is 38.9 Å². The number of aromatic nitrogens is 4. The van der Waals surface area contributed by atoms with Crippen molar-refractivity contribution in [1.82, 2.24) is 19.3 Å². The molecule has 0 amide bonds. The van der Waals surface area contributed by atoms with E-state index in [1.165, 1.54) is 11.8 Å². The van der Waals surface area contributed by atoms with Gasteiger partial charge in [0.1, 0.15) is 5.76 Å². The molecule has 3 aromatic heterocycles. The summed E-state index contributed by atoms with van der Waals surface area (Å²) in [5, 5.41) is 9.50. The van der Waals surface area contributed by atoms with Crippen molar-refractivity contribution in [2.24, 2.45) is 0 Å². The van der Waals surface area contributed by atoms with Crippen LogP contribution in [0.2, 0.25) is 0 Å². The fourth-order valence-corrected chi connectivity index (χ4v) is 5.06. The molecule has 4 aromatic rings. The third kappa shape index (κ3) is 4.54. The van der Waals surface area contributed by atoms with Gasteiger partial charge in [-0.2, -0.15) is 0 Å². The zero-order chi connectivity index (χ0) is 23.5. The van der Waals surface area contributed by atoms with E-state index in [1.54, 1.807) is 13.4 Å². The molecular weight excluding hydrogens is 436 g/mol. The van der Waals surface area contributed by atoms with Gasteiger partial charge in [0.05, 0.1) is 30.2 Å². The van der Waals surface area contributed by atoms with Crippen LogP contribution in [-0.2, 0) is 4.74 Å². The van der Waals surface area contributed by atoms with Gasteiger partial charge in [-0.1, -0.05) is 30.0 Å². The van der Waals surface area contributed by atoms with Crippen LogP contribution in [-0.4, -0.2) is 44.6 Å². The summed E-state index contributed by atoms with van der Waals surface area (Å²) in [6, 6.07) is 13.9. The molecule has 0 aliphatic carbocycles. The molecular formula is C25H28N4O3S. The smallest absolute Gasteiger partial charge is 0.196 e. The molecule has 0 aliphatic heterocycles. The summed E-state index contributed by atoms with van der Waals surface area (Å²) in [7, 11) is 1.69. The van der Waals surface area contributed by atoms with Crippen molar-refractivity contribution in [2.75, 3.05) is 19.5 Å². The number of aryl methyl sites for hydroxylation is 2. The number of hydrogen-bond acceptors (Lipinski definition) is 6. The van der Waals surface area contributed by atoms with Crippen LogP contribution in [0.1, 0.15) is 40.5 Å². The predicted octanol–water partition coefficient (Wildman–Crippen LogP) is 5.44. The van der Waals surface area contributed by atoms with Gasteiger partial charge in [0.15, 0.2) is 16.8 Å². The minimum atomic E-state index is 0.0626. The van der Waals surface area contributed by atoms with Crippen molar-refractivity contribution in [1.29, 1.82) is 0 Å². The van der Waals surface area contributed by atoms with E-state index in [-0.39, 0.29) is 17.6 Å². The van der Waals surface area contributed by atoms with Gasteiger partial charge in [0, 0.05) is 29.7 Å². The maximum absolute atomic E-state index is 13.2. The van der Waals surface area contributed by atoms with E-state index in [1.807, 2.05) is 67.8 Å². The van der Waals surface area contributed by atoms with Crippen LogP contribution in [0.3, 0.4) is 0 Å². The Balaban J connectivity index is 1.62. The van der Waals surface area contributed by atoms with Crippen molar-refractivity contribution in [3.8, 4) is 17.1 Å². The van der Waals surface area contributed by atoms with Gasteiger partial charge in [-0.15, -0.1) is 10.2 Å². The number of carbonyl (C=O) groups is 1. The molecule has 0 unspecified atom stereocenters. The van der Waals surface area contributed by atoms with Gasteiger partial charge in [0.25, 0.3) is 0 Å². The molecule has 0 spiro atoms. The molecule has 172 valence electrons. The van der Waals surface area contributed by atoms with E-state index in [2.05, 4.69) is 21.7 Å². The second-order valence-corrected chi connectivity index (χ2v) is 8.98. The number of ketones is 1. The lowest BCUT2D eigenvalue weighted by Crippen LogP contribution is -2.14. The lowest BCUT2D eigenvalue weighted by atomic mass is 10.2. The zero-order valence-electron chi connectivity index (χ0n) is 19.5. The fourth-order valence-electron chi connectivity index (χ4n) is 4.23. The van der Waals surface area contributed by atoms with Gasteiger partial charge in [-0.3, -0.25) is 9.36 Å². The highest BCUT2D eigenvalue weighted by Crippen LogP contribution is 2.31. The van der Waals surface area contributed by atoms with Gasteiger partial charge < -0.3 is 13.7 Å². The van der Waals surface area contributed by atoms with Crippen LogP contribution in [0.4, 0.5) is 0 Å². The summed E-state index contributed by atoms with van der Waals surface area (Å²) in [6.07, 6.45) is 1.64. The molecule has 1 aromatic carbocycles. The number of hydrogen-bond donors (Lipinski definition) is 0. The largest absolute Gasteiger partial charge is 0.469 e. The Bertz CT molecular complexity index is 1260. The topological polar surface area (TPSA) is 75.1 Å². The average molecular weight is 465 g/mol. The number of ether oxygens (including phenoxy) is 1. The lowest BCUT2D eigenvalue weighted by molar-refractivity contribution is 0.102. The fraction of sp³-hybridized carbons (Fsp3) is 0.320. The van der Waals surface area contributed by atoms with Gasteiger partial charge in [0.2, 0.25) is 0 Å². The number of Topliss-reactive ketones (excluding diaryl/α,β-unsaturated/α-hetero) is 1. The van der Waals surface area contributed by atoms with Gasteiger partial charge >= 0.3 is 0 Å². The number of rotatable bonds is 9. The molecule has 0 bridgehead atoms. The van der Waals surface area contributed by atoms with Crippen LogP contribution in [0.25, 0.3) is 17.1 Å². The van der Waals surface area contributed by atoms with E-state index in [4.69, 9.17) is 9.15 Å². The number of nitrogens with zero attached hydrogens (tertiary/aromatic N) is 4. The molecule has 0 saturated carbocycles. The molecule has 0 radical (unpaired) electrons. The van der Waals surface area contributed by atoms with Crippen molar-refractivity contribution in [3.05, 3.63) is 71.4 Å². The Hall–Kier alpha value is -3.10. The Morgan fingerprint density at radius 3 is 2.58 bits per heavy atom. The van der Waals surface area contributed by atoms with Crippen LogP contribution in [0.5, 0.6) is 0 Å². The molecule has 0 aliphatic rings. The Morgan fingerprint density at radius 2 is 1.91 bits per heavy atom. The second kappa shape index (κ2) is 9.80. The number of para-hydroxylation sites is 1. The number of methoxy groups -OCH3 is 1. The van der Waals surface area contributed by atoms with Gasteiger partial charge in [-0.05, 0) is 52.0 Å². The van der Waals surface area contributed by atoms with Crippen molar-refractivity contribution in [3.63, 3.8) is 0 Å². The molecule has 0 fully saturated rings. The first-order chi connectivity index (χ1) is 15.9. The Morgan fingerprint density at radius 1 is 1.15 bits per heavy atom. The number of benzene rings is 1. The Labute approximate surface area is 197 Å². The van der Waals surface area contributed by atoms with Crippen molar-refractivity contribution < 1.29 is 13.9 Å². The summed E-state index contributed by atoms with van der Waals surface area (Å²) in [5.74, 6) is 1.78. The lowest BCUT2D eigenvalue weighted by Gasteiger charge is -2.17. The van der Waals surface area contributed by atoms with E-state index in [0.29, 0.717) is 17.6 Å². The molecule has 4 rings (SSSR count). The minimum absolute atomic E-state index is 0.0626. The third-order valence-electron chi connectivity index (χ3n) is 5.71. The van der Waals surface area contributed by atoms with Crippen LogP contribution >= 0.6 is 11.8 Å². The molecule has 1 atom stereocenters. The predicted molar refractivity (Wildman–Crippen MR) is 129 cm³/mol. The maximum atomic E-state index is 13.2. The number of carbonyl (C=O) groups excluding carboxylic acids is 1. The SMILES string of the molecule is COC[C@@H](C)n1c(C)cc(C(=O)CSc2nnc(-c3ccoc3C)n2-c2ccccc2)c1C. The average Bonchev–Trinajstić information content (AvgIpc) is 3.49. The van der Waals surface area contributed by atoms with Crippen LogP contribution in [0.15, 0.2) is 58.3 Å². The summed E-state index contributed by atoms with van der Waals surface area (Å²) in [4.78, 5) is 13.2. The zero-order valence-corrected chi connectivity index (χ0v) is 20.3. The highest BCUT2D eigenvalue weighted by atomic mass is 32.2. The molecule has 0 N–H and O–H groups in total. The van der Waals surface area contributed by atoms with E-state index in [9.17, 15) is 4.79 Å². The van der Waals surface area contributed by atoms with Gasteiger partial charge in [-0.25, -0.2) is 0 Å². The second-order valence-electron chi connectivity index (χ2n) is 8.04. The summed E-state index contributed by atoms with van der Waals surface area (Å²) >= 11 is 1.39.